The fraction of sp³-hybridized carbons (Fsp3) is 0.235. The molecule has 23 heavy (non-hydrogen) atoms. The van der Waals surface area contributed by atoms with Crippen LogP contribution in [0.15, 0.2) is 53.4 Å². The van der Waals surface area contributed by atoms with E-state index in [4.69, 9.17) is 11.6 Å². The molecule has 0 atom stereocenters. The number of hydrogen-bond donors (Lipinski definition) is 1. The van der Waals surface area contributed by atoms with Crippen molar-refractivity contribution in [3.63, 3.8) is 0 Å². The first kappa shape index (κ1) is 16.0. The molecule has 0 heterocycles. The van der Waals surface area contributed by atoms with Gasteiger partial charge in [0.2, 0.25) is 5.91 Å². The van der Waals surface area contributed by atoms with Crippen molar-refractivity contribution in [3.8, 4) is 0 Å². The monoisotopic (exact) mass is 349 g/mol. The Hall–Kier alpha value is -1.85. The van der Waals surface area contributed by atoms with Crippen LogP contribution in [0.4, 0.5) is 5.69 Å². The molecule has 0 aliphatic heterocycles. The topological polar surface area (TPSA) is 63.2 Å². The highest BCUT2D eigenvalue weighted by atomic mass is 35.5. The highest BCUT2D eigenvalue weighted by molar-refractivity contribution is 7.90. The van der Waals surface area contributed by atoms with E-state index < -0.39 is 15.3 Å². The van der Waals surface area contributed by atoms with Crippen molar-refractivity contribution in [1.82, 2.24) is 0 Å². The molecule has 4 nitrogen and oxygen atoms in total. The van der Waals surface area contributed by atoms with Gasteiger partial charge in [0.05, 0.1) is 21.0 Å². The summed E-state index contributed by atoms with van der Waals surface area (Å²) in [4.78, 5) is 12.8. The molecule has 0 radical (unpaired) electrons. The molecule has 1 amide bonds. The molecule has 1 aliphatic carbocycles. The van der Waals surface area contributed by atoms with Gasteiger partial charge < -0.3 is 5.32 Å². The van der Waals surface area contributed by atoms with E-state index in [0.717, 1.165) is 24.7 Å². The summed E-state index contributed by atoms with van der Waals surface area (Å²) in [6.07, 6.45) is 2.66. The van der Waals surface area contributed by atoms with Crippen molar-refractivity contribution >= 4 is 33.0 Å². The van der Waals surface area contributed by atoms with Crippen molar-refractivity contribution in [1.29, 1.82) is 0 Å². The summed E-state index contributed by atoms with van der Waals surface area (Å²) in [5, 5.41) is 3.10. The van der Waals surface area contributed by atoms with Gasteiger partial charge in [-0.05, 0) is 36.6 Å². The highest BCUT2D eigenvalue weighted by Gasteiger charge is 2.51. The van der Waals surface area contributed by atoms with Gasteiger partial charge in [0.25, 0.3) is 0 Å². The molecule has 2 aromatic rings. The van der Waals surface area contributed by atoms with E-state index in [1.54, 1.807) is 0 Å². The van der Waals surface area contributed by atoms with Gasteiger partial charge in [-0.3, -0.25) is 4.79 Å². The maximum Gasteiger partial charge on any atom is 0.235 e. The van der Waals surface area contributed by atoms with Crippen molar-refractivity contribution < 1.29 is 13.2 Å². The Morgan fingerprint density at radius 1 is 1.13 bits per heavy atom. The molecule has 2 aromatic carbocycles. The van der Waals surface area contributed by atoms with Gasteiger partial charge in [0.1, 0.15) is 0 Å². The van der Waals surface area contributed by atoms with Crippen LogP contribution in [-0.4, -0.2) is 20.6 Å². The Bertz CT molecular complexity index is 859. The molecule has 1 aliphatic rings. The molecular weight excluding hydrogens is 334 g/mol. The first-order valence-electron chi connectivity index (χ1n) is 7.19. The van der Waals surface area contributed by atoms with Crippen LogP contribution in [0, 0.1) is 0 Å². The second kappa shape index (κ2) is 5.65. The summed E-state index contributed by atoms with van der Waals surface area (Å²) in [6.45, 7) is 0. The van der Waals surface area contributed by atoms with Gasteiger partial charge in [0.15, 0.2) is 9.84 Å². The van der Waals surface area contributed by atoms with Crippen LogP contribution in [0.5, 0.6) is 0 Å². The normalized spacial score (nSPS) is 15.9. The zero-order chi connectivity index (χ0) is 16.7. The van der Waals surface area contributed by atoms with E-state index in [-0.39, 0.29) is 10.8 Å². The Balaban J connectivity index is 1.90. The number of anilines is 1. The van der Waals surface area contributed by atoms with Crippen LogP contribution in [-0.2, 0) is 20.0 Å². The number of sulfone groups is 1. The molecule has 0 bridgehead atoms. The summed E-state index contributed by atoms with van der Waals surface area (Å²) < 4.78 is 23.3. The van der Waals surface area contributed by atoms with Gasteiger partial charge in [0, 0.05) is 6.26 Å². The van der Waals surface area contributed by atoms with Crippen molar-refractivity contribution in [2.45, 2.75) is 23.2 Å². The molecule has 0 saturated heterocycles. The summed E-state index contributed by atoms with van der Waals surface area (Å²) in [6, 6.07) is 13.9. The summed E-state index contributed by atoms with van der Waals surface area (Å²) in [5.74, 6) is -0.156. The fourth-order valence-corrected chi connectivity index (χ4v) is 3.41. The van der Waals surface area contributed by atoms with Crippen LogP contribution >= 0.6 is 11.6 Å². The third-order valence-electron chi connectivity index (χ3n) is 4.13. The number of carbonyl (C=O) groups is 1. The zero-order valence-corrected chi connectivity index (χ0v) is 14.1. The predicted octanol–water partition coefficient (Wildman–Crippen LogP) is 3.41. The minimum absolute atomic E-state index is 0.127. The molecule has 1 fully saturated rings. The number of halogens is 1. The zero-order valence-electron chi connectivity index (χ0n) is 12.5. The van der Waals surface area contributed by atoms with Crippen molar-refractivity contribution in [3.05, 3.63) is 59.1 Å². The second-order valence-electron chi connectivity index (χ2n) is 5.82. The molecule has 0 aromatic heterocycles. The van der Waals surface area contributed by atoms with Crippen molar-refractivity contribution in [2.24, 2.45) is 0 Å². The Morgan fingerprint density at radius 3 is 2.35 bits per heavy atom. The maximum atomic E-state index is 12.7. The lowest BCUT2D eigenvalue weighted by Crippen LogP contribution is -2.28. The van der Waals surface area contributed by atoms with E-state index in [0.29, 0.717) is 10.7 Å². The number of benzene rings is 2. The van der Waals surface area contributed by atoms with Gasteiger partial charge in [-0.25, -0.2) is 8.42 Å². The fourth-order valence-electron chi connectivity index (χ4n) is 2.60. The summed E-state index contributed by atoms with van der Waals surface area (Å²) in [5.41, 5.74) is 0.751. The van der Waals surface area contributed by atoms with E-state index in [1.165, 1.54) is 18.2 Å². The molecule has 120 valence electrons. The third kappa shape index (κ3) is 3.12. The summed E-state index contributed by atoms with van der Waals surface area (Å²) in [7, 11) is -3.36. The predicted molar refractivity (Wildman–Crippen MR) is 90.5 cm³/mol. The first-order valence-corrected chi connectivity index (χ1v) is 9.46. The average Bonchev–Trinajstić information content (AvgIpc) is 3.31. The lowest BCUT2D eigenvalue weighted by atomic mass is 9.95. The quantitative estimate of drug-likeness (QED) is 0.920. The number of amides is 1. The third-order valence-corrected chi connectivity index (χ3v) is 5.57. The average molecular weight is 350 g/mol. The van der Waals surface area contributed by atoms with Gasteiger partial charge in [-0.2, -0.15) is 0 Å². The van der Waals surface area contributed by atoms with Gasteiger partial charge in [-0.15, -0.1) is 0 Å². The highest BCUT2D eigenvalue weighted by Crippen LogP contribution is 2.49. The van der Waals surface area contributed by atoms with E-state index in [1.807, 2.05) is 30.3 Å². The van der Waals surface area contributed by atoms with Crippen molar-refractivity contribution in [2.75, 3.05) is 11.6 Å². The number of hydrogen-bond acceptors (Lipinski definition) is 3. The smallest absolute Gasteiger partial charge is 0.235 e. The Morgan fingerprint density at radius 2 is 1.78 bits per heavy atom. The molecule has 0 spiro atoms. The Kier molecular flexibility index (Phi) is 3.94. The Labute approximate surface area is 140 Å². The molecule has 6 heteroatoms. The van der Waals surface area contributed by atoms with Crippen LogP contribution in [0.1, 0.15) is 18.4 Å². The maximum absolute atomic E-state index is 12.7. The van der Waals surface area contributed by atoms with E-state index in [2.05, 4.69) is 5.32 Å². The number of carbonyl (C=O) groups excluding carboxylic acids is 1. The molecule has 1 N–H and O–H groups in total. The SMILES string of the molecule is CS(=O)(=O)c1ccc(Cl)c(NC(=O)C2(c3ccccc3)CC2)c1. The minimum Gasteiger partial charge on any atom is -0.324 e. The summed E-state index contributed by atoms with van der Waals surface area (Å²) >= 11 is 6.10. The van der Waals surface area contributed by atoms with E-state index in [9.17, 15) is 13.2 Å². The van der Waals surface area contributed by atoms with Crippen LogP contribution in [0.3, 0.4) is 0 Å². The van der Waals surface area contributed by atoms with Crippen LogP contribution in [0.2, 0.25) is 5.02 Å². The first-order chi connectivity index (χ1) is 10.8. The van der Waals surface area contributed by atoms with E-state index >= 15 is 0 Å². The molecule has 1 saturated carbocycles. The lowest BCUT2D eigenvalue weighted by Gasteiger charge is -2.17. The molecular formula is C17H16ClNO3S. The second-order valence-corrected chi connectivity index (χ2v) is 8.24. The van der Waals surface area contributed by atoms with Gasteiger partial charge >= 0.3 is 0 Å². The molecule has 0 unspecified atom stereocenters. The molecule has 3 rings (SSSR count). The lowest BCUT2D eigenvalue weighted by molar-refractivity contribution is -0.118. The number of nitrogens with one attached hydrogen (secondary N) is 1. The number of rotatable bonds is 4. The van der Waals surface area contributed by atoms with Gasteiger partial charge in [-0.1, -0.05) is 41.9 Å². The minimum atomic E-state index is -3.36. The largest absolute Gasteiger partial charge is 0.324 e. The van der Waals surface area contributed by atoms with Crippen LogP contribution in [0.25, 0.3) is 0 Å². The van der Waals surface area contributed by atoms with Crippen LogP contribution < -0.4 is 5.32 Å². The standard InChI is InChI=1S/C17H16ClNO3S/c1-23(21,22)13-7-8-14(18)15(11-13)19-16(20)17(9-10-17)12-5-3-2-4-6-12/h2-8,11H,9-10H2,1H3,(H,19,20).